The molecule has 0 unspecified atom stereocenters. The zero-order valence-corrected chi connectivity index (χ0v) is 15.5. The molecule has 0 saturated heterocycles. The van der Waals surface area contributed by atoms with Gasteiger partial charge in [-0.2, -0.15) is 0 Å². The summed E-state index contributed by atoms with van der Waals surface area (Å²) in [5.74, 6) is -2.58. The van der Waals surface area contributed by atoms with E-state index >= 15 is 0 Å². The second-order valence-corrected chi connectivity index (χ2v) is 6.37. The average molecular weight is 376 g/mol. The molecule has 0 aliphatic rings. The predicted molar refractivity (Wildman–Crippen MR) is 95.0 cm³/mol. The molecule has 0 atom stereocenters. The van der Waals surface area contributed by atoms with Crippen molar-refractivity contribution in [2.24, 2.45) is 0 Å². The second kappa shape index (κ2) is 8.18. The van der Waals surface area contributed by atoms with E-state index in [9.17, 15) is 19.1 Å². The zero-order chi connectivity index (χ0) is 20.2. The lowest BCUT2D eigenvalue weighted by atomic mass is 10.0. The first-order valence-electron chi connectivity index (χ1n) is 8.14. The molecule has 0 fully saturated rings. The highest BCUT2D eigenvalue weighted by Crippen LogP contribution is 2.30. The first-order valence-corrected chi connectivity index (χ1v) is 8.14. The average Bonchev–Trinajstić information content (AvgIpc) is 3.07. The van der Waals surface area contributed by atoms with Gasteiger partial charge in [0.1, 0.15) is 17.2 Å². The Morgan fingerprint density at radius 1 is 1.22 bits per heavy atom. The van der Waals surface area contributed by atoms with E-state index in [-0.39, 0.29) is 18.0 Å². The minimum atomic E-state index is -1.03. The molecule has 0 aliphatic heterocycles. The van der Waals surface area contributed by atoms with Crippen molar-refractivity contribution in [2.45, 2.75) is 25.9 Å². The van der Waals surface area contributed by atoms with Crippen LogP contribution < -0.4 is 0 Å². The molecule has 7 heteroatoms. The third kappa shape index (κ3) is 4.83. The van der Waals surface area contributed by atoms with E-state index in [1.54, 1.807) is 32.0 Å². The van der Waals surface area contributed by atoms with Gasteiger partial charge in [-0.25, -0.2) is 9.18 Å². The molecule has 1 heterocycles. The smallest absolute Gasteiger partial charge is 0.373 e. The molecule has 1 aromatic heterocycles. The summed E-state index contributed by atoms with van der Waals surface area (Å²) >= 11 is 0. The fraction of sp³-hybridized carbons (Fsp3) is 0.300. The Kier molecular flexibility index (Phi) is 6.17. The molecule has 0 radical (unpaired) electrons. The maximum absolute atomic E-state index is 13.1. The second-order valence-electron chi connectivity index (χ2n) is 6.37. The number of aliphatic hydroxyl groups excluding tert-OH is 1. The fourth-order valence-corrected chi connectivity index (χ4v) is 2.34. The van der Waals surface area contributed by atoms with Crippen LogP contribution in [0.2, 0.25) is 0 Å². The standard InChI is InChI=1S/C20H21FO6/c1-20(2,26-4)17-10-13(9-12-5-7-14(21)8-6-12)18(27-17)15(22)11-16(23)19(24)25-3/h5-8,10-11,23H,9H2,1-4H3/b16-11-. The van der Waals surface area contributed by atoms with Crippen molar-refractivity contribution in [3.63, 3.8) is 0 Å². The van der Waals surface area contributed by atoms with Crippen LogP contribution in [-0.4, -0.2) is 31.1 Å². The summed E-state index contributed by atoms with van der Waals surface area (Å²) < 4.78 is 28.6. The number of esters is 1. The Labute approximate surface area is 156 Å². The first-order chi connectivity index (χ1) is 12.7. The third-order valence-electron chi connectivity index (χ3n) is 4.11. The van der Waals surface area contributed by atoms with Gasteiger partial charge in [-0.3, -0.25) is 4.79 Å². The molecule has 144 valence electrons. The highest BCUT2D eigenvalue weighted by Gasteiger charge is 2.28. The minimum Gasteiger partial charge on any atom is -0.502 e. The van der Waals surface area contributed by atoms with E-state index in [0.717, 1.165) is 18.7 Å². The van der Waals surface area contributed by atoms with Crippen LogP contribution in [0.5, 0.6) is 0 Å². The van der Waals surface area contributed by atoms with E-state index in [1.807, 2.05) is 0 Å². The van der Waals surface area contributed by atoms with E-state index < -0.39 is 23.1 Å². The van der Waals surface area contributed by atoms with Crippen LogP contribution in [-0.2, 0) is 26.3 Å². The Morgan fingerprint density at radius 3 is 2.41 bits per heavy atom. The van der Waals surface area contributed by atoms with E-state index in [0.29, 0.717) is 11.3 Å². The van der Waals surface area contributed by atoms with Crippen molar-refractivity contribution >= 4 is 11.8 Å². The van der Waals surface area contributed by atoms with Crippen molar-refractivity contribution < 1.29 is 33.0 Å². The normalized spacial score (nSPS) is 12.1. The monoisotopic (exact) mass is 376 g/mol. The van der Waals surface area contributed by atoms with Gasteiger partial charge in [0.25, 0.3) is 0 Å². The maximum atomic E-state index is 13.1. The van der Waals surface area contributed by atoms with Crippen LogP contribution >= 0.6 is 0 Å². The summed E-state index contributed by atoms with van der Waals surface area (Å²) in [5.41, 5.74) is 0.472. The number of rotatable bonds is 7. The lowest BCUT2D eigenvalue weighted by Gasteiger charge is -2.19. The maximum Gasteiger partial charge on any atom is 0.373 e. The SMILES string of the molecule is COC(=O)/C(O)=C/C(=O)c1oc(C(C)(C)OC)cc1Cc1ccc(F)cc1. The van der Waals surface area contributed by atoms with Crippen molar-refractivity contribution in [3.05, 3.63) is 70.6 Å². The number of aliphatic hydroxyl groups is 1. The number of furan rings is 1. The summed E-state index contributed by atoms with van der Waals surface area (Å²) in [4.78, 5) is 23.8. The summed E-state index contributed by atoms with van der Waals surface area (Å²) in [5, 5.41) is 9.63. The number of carbonyl (C=O) groups excluding carboxylic acids is 2. The number of ketones is 1. The molecule has 6 nitrogen and oxygen atoms in total. The Bertz CT molecular complexity index is 861. The molecule has 2 rings (SSSR count). The van der Waals surface area contributed by atoms with Gasteiger partial charge >= 0.3 is 5.97 Å². The summed E-state index contributed by atoms with van der Waals surface area (Å²) in [6, 6.07) is 7.50. The molecular formula is C20H21FO6. The van der Waals surface area contributed by atoms with Crippen LogP contribution in [0.15, 0.2) is 46.6 Å². The van der Waals surface area contributed by atoms with Crippen molar-refractivity contribution in [3.8, 4) is 0 Å². The molecule has 0 saturated carbocycles. The molecule has 1 N–H and O–H groups in total. The van der Waals surface area contributed by atoms with E-state index in [2.05, 4.69) is 4.74 Å². The lowest BCUT2D eigenvalue weighted by molar-refractivity contribution is -0.139. The molecule has 0 aliphatic carbocycles. The zero-order valence-electron chi connectivity index (χ0n) is 15.5. The number of halogens is 1. The summed E-state index contributed by atoms with van der Waals surface area (Å²) in [6.07, 6.45) is 1.03. The van der Waals surface area contributed by atoms with Gasteiger partial charge < -0.3 is 19.0 Å². The number of carbonyl (C=O) groups is 2. The van der Waals surface area contributed by atoms with Crippen LogP contribution in [0, 0.1) is 5.82 Å². The largest absolute Gasteiger partial charge is 0.502 e. The van der Waals surface area contributed by atoms with Crippen molar-refractivity contribution in [1.29, 1.82) is 0 Å². The van der Waals surface area contributed by atoms with Gasteiger partial charge in [0.15, 0.2) is 5.76 Å². The molecule has 0 amide bonds. The fourth-order valence-electron chi connectivity index (χ4n) is 2.34. The molecule has 0 spiro atoms. The molecule has 0 bridgehead atoms. The first kappa shape index (κ1) is 20.4. The van der Waals surface area contributed by atoms with Crippen LogP contribution in [0.3, 0.4) is 0 Å². The Balaban J connectivity index is 2.45. The van der Waals surface area contributed by atoms with Crippen molar-refractivity contribution in [1.82, 2.24) is 0 Å². The number of ether oxygens (including phenoxy) is 2. The van der Waals surface area contributed by atoms with Gasteiger partial charge in [0.2, 0.25) is 11.5 Å². The summed E-state index contributed by atoms with van der Waals surface area (Å²) in [6.45, 7) is 3.53. The van der Waals surface area contributed by atoms with Crippen LogP contribution in [0.4, 0.5) is 4.39 Å². The number of benzene rings is 1. The molecule has 27 heavy (non-hydrogen) atoms. The quantitative estimate of drug-likeness (QED) is 0.343. The van der Waals surface area contributed by atoms with Gasteiger partial charge in [0, 0.05) is 25.2 Å². The van der Waals surface area contributed by atoms with E-state index in [4.69, 9.17) is 9.15 Å². The summed E-state index contributed by atoms with van der Waals surface area (Å²) in [7, 11) is 2.59. The number of allylic oxidation sites excluding steroid dienone is 1. The Hall–Kier alpha value is -2.93. The Morgan fingerprint density at radius 2 is 1.85 bits per heavy atom. The predicted octanol–water partition coefficient (Wildman–Crippen LogP) is 3.69. The highest BCUT2D eigenvalue weighted by atomic mass is 19.1. The molecular weight excluding hydrogens is 355 g/mol. The third-order valence-corrected chi connectivity index (χ3v) is 4.11. The number of methoxy groups -OCH3 is 2. The number of hydrogen-bond acceptors (Lipinski definition) is 6. The van der Waals surface area contributed by atoms with Crippen molar-refractivity contribution in [2.75, 3.05) is 14.2 Å². The van der Waals surface area contributed by atoms with Crippen LogP contribution in [0.25, 0.3) is 0 Å². The van der Waals surface area contributed by atoms with Gasteiger partial charge in [-0.1, -0.05) is 12.1 Å². The molecule has 1 aromatic carbocycles. The minimum absolute atomic E-state index is 0.0464. The highest BCUT2D eigenvalue weighted by molar-refractivity contribution is 6.07. The lowest BCUT2D eigenvalue weighted by Crippen LogP contribution is -2.18. The van der Waals surface area contributed by atoms with Gasteiger partial charge in [-0.15, -0.1) is 0 Å². The van der Waals surface area contributed by atoms with Crippen LogP contribution in [0.1, 0.15) is 41.3 Å². The van der Waals surface area contributed by atoms with Gasteiger partial charge in [0.05, 0.1) is 7.11 Å². The molecule has 2 aromatic rings. The number of hydrogen-bond donors (Lipinski definition) is 1. The van der Waals surface area contributed by atoms with Gasteiger partial charge in [-0.05, 0) is 37.6 Å². The van der Waals surface area contributed by atoms with E-state index in [1.165, 1.54) is 19.2 Å². The topological polar surface area (TPSA) is 86.0 Å².